The molecule has 2 heterocycles. The summed E-state index contributed by atoms with van der Waals surface area (Å²) in [5.74, 6) is 0.405. The average Bonchev–Trinajstić information content (AvgIpc) is 3.25. The van der Waals surface area contributed by atoms with Gasteiger partial charge in [-0.15, -0.1) is 0 Å². The highest BCUT2D eigenvalue weighted by molar-refractivity contribution is 5.79. The predicted molar refractivity (Wildman–Crippen MR) is 77.1 cm³/mol. The Morgan fingerprint density at radius 2 is 2.19 bits per heavy atom. The average molecular weight is 287 g/mol. The molecule has 6 heteroatoms. The molecular formula is C15H17N3O3. The number of fused-ring (bicyclic) bond motifs is 1. The summed E-state index contributed by atoms with van der Waals surface area (Å²) in [6.07, 6.45) is 3.78. The van der Waals surface area contributed by atoms with Gasteiger partial charge in [-0.05, 0) is 25.8 Å². The van der Waals surface area contributed by atoms with Crippen LogP contribution in [0.2, 0.25) is 0 Å². The number of carbonyl (C=O) groups is 1. The van der Waals surface area contributed by atoms with Gasteiger partial charge >= 0.3 is 5.97 Å². The summed E-state index contributed by atoms with van der Waals surface area (Å²) in [4.78, 5) is 32.1. The fraction of sp³-hybridized carbons (Fsp3) is 0.467. The van der Waals surface area contributed by atoms with E-state index in [1.54, 1.807) is 19.2 Å². The number of hydrogen-bond donors (Lipinski definition) is 0. The number of esters is 1. The van der Waals surface area contributed by atoms with Crippen molar-refractivity contribution in [3.63, 3.8) is 0 Å². The molecule has 0 aromatic carbocycles. The molecule has 21 heavy (non-hydrogen) atoms. The van der Waals surface area contributed by atoms with Crippen molar-refractivity contribution in [2.75, 3.05) is 7.11 Å². The van der Waals surface area contributed by atoms with Gasteiger partial charge in [-0.2, -0.15) is 4.98 Å². The van der Waals surface area contributed by atoms with Crippen LogP contribution in [0.1, 0.15) is 30.8 Å². The Labute approximate surface area is 121 Å². The van der Waals surface area contributed by atoms with Gasteiger partial charge in [-0.1, -0.05) is 0 Å². The number of carbonyl (C=O) groups excluding carboxylic acids is 1. The quantitative estimate of drug-likeness (QED) is 0.794. The minimum atomic E-state index is -0.267. The van der Waals surface area contributed by atoms with E-state index in [9.17, 15) is 9.59 Å². The fourth-order valence-electron chi connectivity index (χ4n) is 2.66. The topological polar surface area (TPSA) is 74.1 Å². The number of aromatic nitrogens is 3. The molecule has 110 valence electrons. The monoisotopic (exact) mass is 287 g/mol. The molecule has 0 unspecified atom stereocenters. The number of aryl methyl sites for hydroxylation is 2. The molecule has 1 aliphatic carbocycles. The predicted octanol–water partition coefficient (Wildman–Crippen LogP) is 1.23. The summed E-state index contributed by atoms with van der Waals surface area (Å²) in [7, 11) is 3.24. The van der Waals surface area contributed by atoms with Crippen molar-refractivity contribution in [1.82, 2.24) is 14.5 Å². The van der Waals surface area contributed by atoms with Crippen molar-refractivity contribution in [3.05, 3.63) is 34.1 Å². The van der Waals surface area contributed by atoms with E-state index in [0.29, 0.717) is 17.6 Å². The Hall–Kier alpha value is -2.24. The van der Waals surface area contributed by atoms with Gasteiger partial charge in [-0.3, -0.25) is 14.6 Å². The lowest BCUT2D eigenvalue weighted by Gasteiger charge is -2.14. The molecule has 2 aromatic rings. The van der Waals surface area contributed by atoms with E-state index in [1.165, 1.54) is 7.11 Å². The largest absolute Gasteiger partial charge is 0.469 e. The molecule has 0 amide bonds. The van der Waals surface area contributed by atoms with Crippen molar-refractivity contribution in [2.45, 2.75) is 31.6 Å². The van der Waals surface area contributed by atoms with Crippen LogP contribution in [0.15, 0.2) is 17.1 Å². The van der Waals surface area contributed by atoms with Gasteiger partial charge in [0.25, 0.3) is 5.56 Å². The number of methoxy groups -OCH3 is 1. The molecule has 0 aliphatic heterocycles. The van der Waals surface area contributed by atoms with Gasteiger partial charge in [0.1, 0.15) is 5.82 Å². The molecule has 0 bridgehead atoms. The molecule has 6 nitrogen and oxygen atoms in total. The molecule has 0 N–H and O–H groups in total. The second-order valence-corrected chi connectivity index (χ2v) is 5.64. The summed E-state index contributed by atoms with van der Waals surface area (Å²) < 4.78 is 6.59. The first-order chi connectivity index (χ1) is 9.97. The Morgan fingerprint density at radius 1 is 1.48 bits per heavy atom. The molecule has 1 fully saturated rings. The van der Waals surface area contributed by atoms with Crippen molar-refractivity contribution in [3.8, 4) is 0 Å². The third kappa shape index (κ3) is 2.20. The van der Waals surface area contributed by atoms with Crippen LogP contribution >= 0.6 is 0 Å². The Morgan fingerprint density at radius 3 is 2.81 bits per heavy atom. The van der Waals surface area contributed by atoms with Crippen LogP contribution in [0.3, 0.4) is 0 Å². The normalized spacial score (nSPS) is 16.0. The van der Waals surface area contributed by atoms with Crippen LogP contribution < -0.4 is 5.56 Å². The standard InChI is InChI=1S/C15H17N3O3/c1-9-17-14(20)10-6-12(16-8-11(10)18(9)2)15(4-5-15)7-13(19)21-3/h6,8H,4-5,7H2,1-3H3. The molecule has 0 spiro atoms. The van der Waals surface area contributed by atoms with E-state index in [1.807, 2.05) is 11.6 Å². The van der Waals surface area contributed by atoms with Gasteiger partial charge in [0.15, 0.2) is 0 Å². The van der Waals surface area contributed by atoms with E-state index in [4.69, 9.17) is 4.74 Å². The summed E-state index contributed by atoms with van der Waals surface area (Å²) in [5, 5.41) is 0.546. The van der Waals surface area contributed by atoms with Gasteiger partial charge in [-0.25, -0.2) is 0 Å². The van der Waals surface area contributed by atoms with Gasteiger partial charge in [0, 0.05) is 18.2 Å². The van der Waals surface area contributed by atoms with Crippen molar-refractivity contribution < 1.29 is 9.53 Å². The number of nitrogens with zero attached hydrogens (tertiary/aromatic N) is 3. The number of rotatable bonds is 3. The SMILES string of the molecule is COC(=O)CC1(c2cc3c(=O)nc(C)n(C)c3cn2)CC1. The van der Waals surface area contributed by atoms with Crippen molar-refractivity contribution >= 4 is 16.9 Å². The molecule has 2 aromatic heterocycles. The second kappa shape index (κ2) is 4.65. The Kier molecular flexibility index (Phi) is 3.04. The maximum absolute atomic E-state index is 12.1. The van der Waals surface area contributed by atoms with Gasteiger partial charge in [0.05, 0.1) is 30.6 Å². The van der Waals surface area contributed by atoms with Crippen LogP contribution in [-0.4, -0.2) is 27.6 Å². The first-order valence-electron chi connectivity index (χ1n) is 6.87. The molecule has 0 atom stereocenters. The van der Waals surface area contributed by atoms with E-state index in [-0.39, 0.29) is 16.9 Å². The van der Waals surface area contributed by atoms with Gasteiger partial charge in [0.2, 0.25) is 0 Å². The minimum absolute atomic E-state index is 0.246. The Bertz CT molecular complexity index is 791. The lowest BCUT2D eigenvalue weighted by atomic mass is 9.96. The summed E-state index contributed by atoms with van der Waals surface area (Å²) in [5.41, 5.74) is 1.02. The summed E-state index contributed by atoms with van der Waals surface area (Å²) >= 11 is 0. The van der Waals surface area contributed by atoms with Crippen LogP contribution in [0.4, 0.5) is 0 Å². The third-order valence-electron chi connectivity index (χ3n) is 4.33. The van der Waals surface area contributed by atoms with Crippen LogP contribution in [0.25, 0.3) is 10.9 Å². The highest BCUT2D eigenvalue weighted by Crippen LogP contribution is 2.50. The van der Waals surface area contributed by atoms with Gasteiger partial charge < -0.3 is 9.30 Å². The minimum Gasteiger partial charge on any atom is -0.469 e. The fourth-order valence-corrected chi connectivity index (χ4v) is 2.66. The van der Waals surface area contributed by atoms with Crippen molar-refractivity contribution in [2.24, 2.45) is 7.05 Å². The first-order valence-corrected chi connectivity index (χ1v) is 6.87. The summed E-state index contributed by atoms with van der Waals surface area (Å²) in [6, 6.07) is 1.78. The van der Waals surface area contributed by atoms with E-state index in [2.05, 4.69) is 9.97 Å². The number of hydrogen-bond acceptors (Lipinski definition) is 5. The van der Waals surface area contributed by atoms with Crippen molar-refractivity contribution in [1.29, 1.82) is 0 Å². The molecule has 0 radical (unpaired) electrons. The van der Waals surface area contributed by atoms with Crippen LogP contribution in [-0.2, 0) is 22.0 Å². The number of ether oxygens (including phenoxy) is 1. The maximum Gasteiger partial charge on any atom is 0.306 e. The zero-order valence-corrected chi connectivity index (χ0v) is 12.3. The smallest absolute Gasteiger partial charge is 0.306 e. The van der Waals surface area contributed by atoms with Crippen LogP contribution in [0, 0.1) is 6.92 Å². The zero-order chi connectivity index (χ0) is 15.2. The maximum atomic E-state index is 12.1. The van der Waals surface area contributed by atoms with E-state index < -0.39 is 0 Å². The molecular weight excluding hydrogens is 270 g/mol. The van der Waals surface area contributed by atoms with Crippen LogP contribution in [0.5, 0.6) is 0 Å². The molecule has 0 saturated heterocycles. The van der Waals surface area contributed by atoms with E-state index >= 15 is 0 Å². The Balaban J connectivity index is 2.10. The highest BCUT2D eigenvalue weighted by atomic mass is 16.5. The molecule has 1 aliphatic rings. The highest BCUT2D eigenvalue weighted by Gasteiger charge is 2.47. The summed E-state index contributed by atoms with van der Waals surface area (Å²) in [6.45, 7) is 1.79. The number of pyridine rings is 1. The molecule has 1 saturated carbocycles. The molecule has 3 rings (SSSR count). The van der Waals surface area contributed by atoms with E-state index in [0.717, 1.165) is 24.1 Å². The second-order valence-electron chi connectivity index (χ2n) is 5.64. The lowest BCUT2D eigenvalue weighted by Crippen LogP contribution is -2.19. The third-order valence-corrected chi connectivity index (χ3v) is 4.33. The lowest BCUT2D eigenvalue weighted by molar-refractivity contribution is -0.141. The zero-order valence-electron chi connectivity index (χ0n) is 12.3. The first kappa shape index (κ1) is 13.7.